The highest BCUT2D eigenvalue weighted by atomic mass is 19.1. The van der Waals surface area contributed by atoms with Crippen molar-refractivity contribution in [2.45, 2.75) is 45.1 Å². The van der Waals surface area contributed by atoms with E-state index in [1.54, 1.807) is 19.1 Å². The van der Waals surface area contributed by atoms with Gasteiger partial charge in [0.1, 0.15) is 5.82 Å². The van der Waals surface area contributed by atoms with E-state index < -0.39 is 0 Å². The van der Waals surface area contributed by atoms with Crippen LogP contribution in [-0.2, 0) is 4.79 Å². The monoisotopic (exact) mass is 441 g/mol. The van der Waals surface area contributed by atoms with Gasteiger partial charge >= 0.3 is 0 Å². The first kappa shape index (κ1) is 22.5. The fraction of sp³-hybridized carbons (Fsp3) is 0.542. The summed E-state index contributed by atoms with van der Waals surface area (Å²) in [6.45, 7) is 6.60. The maximum atomic E-state index is 13.3. The standard InChI is InChI=1S/C24H32FN5O2/c1-18(31)30(15-14-28-11-3-2-4-12-28)21-6-5-13-29(17-21)24(32)22-16-26-27-23(22)19-7-9-20(25)10-8-19/h7-10,16,21H,2-6,11-15,17H2,1H3,(H,26,27). The zero-order chi connectivity index (χ0) is 22.5. The molecule has 0 saturated carbocycles. The number of amides is 2. The molecule has 2 amide bonds. The molecule has 2 fully saturated rings. The number of carbonyl (C=O) groups excluding carboxylic acids is 2. The molecule has 0 aliphatic carbocycles. The van der Waals surface area contributed by atoms with Crippen molar-refractivity contribution in [3.8, 4) is 11.3 Å². The summed E-state index contributed by atoms with van der Waals surface area (Å²) in [5.41, 5.74) is 1.78. The predicted octanol–water partition coefficient (Wildman–Crippen LogP) is 3.15. The van der Waals surface area contributed by atoms with E-state index in [9.17, 15) is 14.0 Å². The number of aromatic amines is 1. The third kappa shape index (κ3) is 5.18. The Labute approximate surface area is 188 Å². The van der Waals surface area contributed by atoms with Crippen LogP contribution in [0.2, 0.25) is 0 Å². The Morgan fingerprint density at radius 1 is 1.12 bits per heavy atom. The van der Waals surface area contributed by atoms with Crippen LogP contribution in [0.5, 0.6) is 0 Å². The summed E-state index contributed by atoms with van der Waals surface area (Å²) in [4.78, 5) is 32.0. The minimum atomic E-state index is -0.325. The highest BCUT2D eigenvalue weighted by molar-refractivity contribution is 5.99. The molecule has 32 heavy (non-hydrogen) atoms. The Morgan fingerprint density at radius 3 is 2.59 bits per heavy atom. The molecule has 172 valence electrons. The number of carbonyl (C=O) groups is 2. The van der Waals surface area contributed by atoms with E-state index in [2.05, 4.69) is 15.1 Å². The van der Waals surface area contributed by atoms with E-state index in [0.29, 0.717) is 36.5 Å². The average Bonchev–Trinajstić information content (AvgIpc) is 3.30. The van der Waals surface area contributed by atoms with Crippen LogP contribution < -0.4 is 0 Å². The van der Waals surface area contributed by atoms with Crippen LogP contribution in [0.25, 0.3) is 11.3 Å². The summed E-state index contributed by atoms with van der Waals surface area (Å²) in [7, 11) is 0. The fourth-order valence-electron chi connectivity index (χ4n) is 4.88. The minimum absolute atomic E-state index is 0.0242. The van der Waals surface area contributed by atoms with Gasteiger partial charge in [0.15, 0.2) is 0 Å². The SMILES string of the molecule is CC(=O)N(CCN1CCCCC1)C1CCCN(C(=O)c2cn[nH]c2-c2ccc(F)cc2)C1. The van der Waals surface area contributed by atoms with Crippen molar-refractivity contribution in [1.82, 2.24) is 24.9 Å². The Morgan fingerprint density at radius 2 is 1.88 bits per heavy atom. The van der Waals surface area contributed by atoms with Crippen LogP contribution in [0.4, 0.5) is 4.39 Å². The number of aromatic nitrogens is 2. The van der Waals surface area contributed by atoms with Gasteiger partial charge in [-0.05, 0) is 63.0 Å². The van der Waals surface area contributed by atoms with Crippen molar-refractivity contribution in [2.75, 3.05) is 39.3 Å². The molecule has 1 unspecified atom stereocenters. The third-order valence-corrected chi connectivity index (χ3v) is 6.64. The number of nitrogens with one attached hydrogen (secondary N) is 1. The van der Waals surface area contributed by atoms with Gasteiger partial charge in [0.25, 0.3) is 5.91 Å². The van der Waals surface area contributed by atoms with Crippen molar-refractivity contribution >= 4 is 11.8 Å². The topological polar surface area (TPSA) is 72.5 Å². The van der Waals surface area contributed by atoms with Crippen LogP contribution in [0.15, 0.2) is 30.5 Å². The number of piperidine rings is 2. The number of halogens is 1. The molecule has 2 aromatic rings. The molecule has 7 nitrogen and oxygen atoms in total. The molecule has 1 N–H and O–H groups in total. The Bertz CT molecular complexity index is 923. The molecule has 1 aromatic carbocycles. The quantitative estimate of drug-likeness (QED) is 0.748. The van der Waals surface area contributed by atoms with Gasteiger partial charge in [-0.25, -0.2) is 4.39 Å². The lowest BCUT2D eigenvalue weighted by Crippen LogP contribution is -2.53. The Balaban J connectivity index is 1.43. The number of nitrogens with zero attached hydrogens (tertiary/aromatic N) is 4. The predicted molar refractivity (Wildman–Crippen MR) is 121 cm³/mol. The Hall–Kier alpha value is -2.74. The van der Waals surface area contributed by atoms with Crippen molar-refractivity contribution in [3.05, 3.63) is 41.8 Å². The molecule has 2 saturated heterocycles. The van der Waals surface area contributed by atoms with Crippen LogP contribution >= 0.6 is 0 Å². The lowest BCUT2D eigenvalue weighted by Gasteiger charge is -2.40. The van der Waals surface area contributed by atoms with Gasteiger partial charge in [-0.15, -0.1) is 0 Å². The zero-order valence-electron chi connectivity index (χ0n) is 18.7. The minimum Gasteiger partial charge on any atom is -0.337 e. The van der Waals surface area contributed by atoms with Crippen molar-refractivity contribution in [1.29, 1.82) is 0 Å². The lowest BCUT2D eigenvalue weighted by molar-refractivity contribution is -0.132. The van der Waals surface area contributed by atoms with E-state index in [-0.39, 0.29) is 23.7 Å². The number of hydrogen-bond donors (Lipinski definition) is 1. The smallest absolute Gasteiger partial charge is 0.257 e. The summed E-state index contributed by atoms with van der Waals surface area (Å²) >= 11 is 0. The Kier molecular flexibility index (Phi) is 7.19. The summed E-state index contributed by atoms with van der Waals surface area (Å²) < 4.78 is 13.3. The van der Waals surface area contributed by atoms with Gasteiger partial charge in [-0.3, -0.25) is 14.7 Å². The molecule has 3 heterocycles. The molecule has 0 spiro atoms. The highest BCUT2D eigenvalue weighted by Crippen LogP contribution is 2.25. The molecule has 2 aliphatic heterocycles. The highest BCUT2D eigenvalue weighted by Gasteiger charge is 2.31. The van der Waals surface area contributed by atoms with Crippen molar-refractivity contribution in [2.24, 2.45) is 0 Å². The number of hydrogen-bond acceptors (Lipinski definition) is 4. The maximum absolute atomic E-state index is 13.3. The third-order valence-electron chi connectivity index (χ3n) is 6.64. The molecule has 2 aliphatic rings. The van der Waals surface area contributed by atoms with Gasteiger partial charge in [-0.1, -0.05) is 6.42 Å². The van der Waals surface area contributed by atoms with E-state index in [4.69, 9.17) is 0 Å². The van der Waals surface area contributed by atoms with E-state index in [1.807, 2.05) is 9.80 Å². The first-order valence-electron chi connectivity index (χ1n) is 11.6. The van der Waals surface area contributed by atoms with Gasteiger partial charge < -0.3 is 14.7 Å². The molecule has 1 aromatic heterocycles. The number of likely N-dealkylation sites (tertiary alicyclic amines) is 2. The number of rotatable bonds is 6. The number of H-pyrrole nitrogens is 1. The van der Waals surface area contributed by atoms with E-state index in [1.165, 1.54) is 37.6 Å². The first-order chi connectivity index (χ1) is 15.5. The molecule has 8 heteroatoms. The normalized spacial score (nSPS) is 19.7. The second-order valence-corrected chi connectivity index (χ2v) is 8.83. The van der Waals surface area contributed by atoms with Crippen LogP contribution in [0, 0.1) is 5.82 Å². The van der Waals surface area contributed by atoms with Gasteiger partial charge in [0.05, 0.1) is 17.5 Å². The number of benzene rings is 1. The molecule has 0 bridgehead atoms. The zero-order valence-corrected chi connectivity index (χ0v) is 18.7. The summed E-state index contributed by atoms with van der Waals surface area (Å²) in [6, 6.07) is 6.03. The first-order valence-corrected chi connectivity index (χ1v) is 11.6. The van der Waals surface area contributed by atoms with Gasteiger partial charge in [0, 0.05) is 44.7 Å². The maximum Gasteiger partial charge on any atom is 0.257 e. The molecular formula is C24H32FN5O2. The molecular weight excluding hydrogens is 409 g/mol. The summed E-state index contributed by atoms with van der Waals surface area (Å²) in [6.07, 6.45) is 7.04. The summed E-state index contributed by atoms with van der Waals surface area (Å²) in [5, 5.41) is 6.94. The van der Waals surface area contributed by atoms with E-state index >= 15 is 0 Å². The molecule has 1 atom stereocenters. The lowest BCUT2D eigenvalue weighted by atomic mass is 10.0. The molecule has 0 radical (unpaired) electrons. The average molecular weight is 442 g/mol. The van der Waals surface area contributed by atoms with Crippen LogP contribution in [0.3, 0.4) is 0 Å². The van der Waals surface area contributed by atoms with Gasteiger partial charge in [-0.2, -0.15) is 5.10 Å². The largest absolute Gasteiger partial charge is 0.337 e. The van der Waals surface area contributed by atoms with Crippen molar-refractivity contribution < 1.29 is 14.0 Å². The second-order valence-electron chi connectivity index (χ2n) is 8.83. The fourth-order valence-corrected chi connectivity index (χ4v) is 4.88. The van der Waals surface area contributed by atoms with Crippen LogP contribution in [-0.4, -0.2) is 82.0 Å². The van der Waals surface area contributed by atoms with Crippen LogP contribution in [0.1, 0.15) is 49.4 Å². The van der Waals surface area contributed by atoms with Gasteiger partial charge in [0.2, 0.25) is 5.91 Å². The van der Waals surface area contributed by atoms with E-state index in [0.717, 1.165) is 32.5 Å². The molecule has 4 rings (SSSR count). The van der Waals surface area contributed by atoms with Crippen molar-refractivity contribution in [3.63, 3.8) is 0 Å². The second kappa shape index (κ2) is 10.3. The summed E-state index contributed by atoms with van der Waals surface area (Å²) in [5.74, 6) is -0.368.